The molecule has 0 aliphatic carbocycles. The number of benzene rings is 3. The number of carboxylic acids is 1. The number of halogens is 1. The fraction of sp³-hybridized carbons (Fsp3) is 0.148. The third-order valence-corrected chi connectivity index (χ3v) is 5.93. The number of hydrogen-bond acceptors (Lipinski definition) is 7. The van der Waals surface area contributed by atoms with Crippen LogP contribution in [0, 0.1) is 0 Å². The molecule has 0 aliphatic rings. The average molecular weight is 567 g/mol. The fourth-order valence-electron chi connectivity index (χ4n) is 3.48. The maximum atomic E-state index is 12.5. The number of fused-ring (bicyclic) bond motifs is 1. The van der Waals surface area contributed by atoms with E-state index in [4.69, 9.17) is 23.7 Å². The Labute approximate surface area is 220 Å². The number of nitrogens with zero attached hydrogens (tertiary/aromatic N) is 1. The summed E-state index contributed by atoms with van der Waals surface area (Å²) in [4.78, 5) is 23.7. The van der Waals surface area contributed by atoms with E-state index >= 15 is 0 Å². The molecule has 9 nitrogen and oxygen atoms in total. The Bertz CT molecular complexity index is 1480. The van der Waals surface area contributed by atoms with Gasteiger partial charge in [0.1, 0.15) is 17.9 Å². The molecule has 1 amide bonds. The third-order valence-electron chi connectivity index (χ3n) is 5.24. The van der Waals surface area contributed by atoms with Crippen molar-refractivity contribution >= 4 is 45.0 Å². The maximum Gasteiger partial charge on any atom is 0.335 e. The number of hydrazone groups is 1. The van der Waals surface area contributed by atoms with Gasteiger partial charge in [-0.25, -0.2) is 10.2 Å². The molecule has 3 aromatic carbocycles. The van der Waals surface area contributed by atoms with E-state index in [2.05, 4.69) is 26.5 Å². The van der Waals surface area contributed by atoms with Gasteiger partial charge in [-0.2, -0.15) is 5.10 Å². The van der Waals surface area contributed by atoms with Gasteiger partial charge in [-0.05, 0) is 76.9 Å². The van der Waals surface area contributed by atoms with Crippen LogP contribution in [0.1, 0.15) is 39.0 Å². The van der Waals surface area contributed by atoms with Crippen LogP contribution in [0.2, 0.25) is 0 Å². The lowest BCUT2D eigenvalue weighted by atomic mass is 10.1. The quantitative estimate of drug-likeness (QED) is 0.188. The summed E-state index contributed by atoms with van der Waals surface area (Å²) in [5, 5.41) is 13.9. The van der Waals surface area contributed by atoms with Crippen molar-refractivity contribution in [3.8, 4) is 17.2 Å². The van der Waals surface area contributed by atoms with Crippen molar-refractivity contribution < 1.29 is 33.3 Å². The zero-order valence-corrected chi connectivity index (χ0v) is 21.6. The SMILES string of the molecule is CCOc1ccc2oc(C(=O)N/N=C/c3cc(OC)c(OCc4cccc(C(=O)O)c4)cc3Br)cc2c1. The first-order valence-electron chi connectivity index (χ1n) is 11.2. The monoisotopic (exact) mass is 566 g/mol. The van der Waals surface area contributed by atoms with Gasteiger partial charge in [0.2, 0.25) is 0 Å². The van der Waals surface area contributed by atoms with Crippen molar-refractivity contribution in [2.24, 2.45) is 5.10 Å². The molecule has 1 heterocycles. The zero-order valence-electron chi connectivity index (χ0n) is 20.0. The van der Waals surface area contributed by atoms with E-state index < -0.39 is 11.9 Å². The smallest absolute Gasteiger partial charge is 0.335 e. The second-order valence-corrected chi connectivity index (χ2v) is 8.62. The highest BCUT2D eigenvalue weighted by molar-refractivity contribution is 9.10. The summed E-state index contributed by atoms with van der Waals surface area (Å²) in [7, 11) is 1.50. The van der Waals surface area contributed by atoms with E-state index in [0.29, 0.717) is 45.0 Å². The van der Waals surface area contributed by atoms with E-state index in [0.717, 1.165) is 5.39 Å². The number of hydrogen-bond donors (Lipinski definition) is 2. The summed E-state index contributed by atoms with van der Waals surface area (Å²) >= 11 is 3.47. The maximum absolute atomic E-state index is 12.5. The Kier molecular flexibility index (Phi) is 8.09. The number of nitrogens with one attached hydrogen (secondary N) is 1. The Hall–Kier alpha value is -4.31. The summed E-state index contributed by atoms with van der Waals surface area (Å²) in [6.07, 6.45) is 1.46. The summed E-state index contributed by atoms with van der Waals surface area (Å²) in [5.74, 6) is 0.192. The predicted octanol–water partition coefficient (Wildman–Crippen LogP) is 5.64. The molecule has 4 aromatic rings. The lowest BCUT2D eigenvalue weighted by molar-refractivity contribution is 0.0696. The molecule has 0 atom stereocenters. The molecule has 4 rings (SSSR count). The normalized spacial score (nSPS) is 11.0. The van der Waals surface area contributed by atoms with Crippen LogP contribution in [0.3, 0.4) is 0 Å². The van der Waals surface area contributed by atoms with Gasteiger partial charge >= 0.3 is 11.9 Å². The van der Waals surface area contributed by atoms with Crippen molar-refractivity contribution in [2.45, 2.75) is 13.5 Å². The standard InChI is InChI=1S/C27H23BrN2O7/c1-3-35-20-7-8-22-18(10-20)11-25(37-22)26(31)30-29-14-19-12-23(34-2)24(13-21(19)28)36-15-16-5-4-6-17(9-16)27(32)33/h4-14H,3,15H2,1-2H3,(H,30,31)(H,32,33)/b29-14+. The first kappa shape index (κ1) is 25.8. The second kappa shape index (κ2) is 11.6. The van der Waals surface area contributed by atoms with Crippen LogP contribution >= 0.6 is 15.9 Å². The highest BCUT2D eigenvalue weighted by Gasteiger charge is 2.14. The molecule has 1 aromatic heterocycles. The van der Waals surface area contributed by atoms with Gasteiger partial charge in [0.15, 0.2) is 17.3 Å². The van der Waals surface area contributed by atoms with Crippen molar-refractivity contribution in [1.82, 2.24) is 5.43 Å². The number of carbonyl (C=O) groups is 2. The van der Waals surface area contributed by atoms with E-state index in [-0.39, 0.29) is 17.9 Å². The predicted molar refractivity (Wildman–Crippen MR) is 141 cm³/mol. The minimum Gasteiger partial charge on any atom is -0.494 e. The van der Waals surface area contributed by atoms with Crippen LogP contribution in [0.4, 0.5) is 0 Å². The molecule has 0 saturated carbocycles. The van der Waals surface area contributed by atoms with Crippen LogP contribution in [0.25, 0.3) is 11.0 Å². The van der Waals surface area contributed by atoms with Gasteiger partial charge in [0, 0.05) is 15.4 Å². The van der Waals surface area contributed by atoms with Crippen molar-refractivity contribution in [3.05, 3.63) is 87.6 Å². The molecule has 0 fully saturated rings. The van der Waals surface area contributed by atoms with E-state index in [9.17, 15) is 9.59 Å². The fourth-order valence-corrected chi connectivity index (χ4v) is 3.91. The van der Waals surface area contributed by atoms with Crippen molar-refractivity contribution in [2.75, 3.05) is 13.7 Å². The first-order valence-corrected chi connectivity index (χ1v) is 12.0. The van der Waals surface area contributed by atoms with Crippen molar-refractivity contribution in [3.63, 3.8) is 0 Å². The Morgan fingerprint density at radius 2 is 1.92 bits per heavy atom. The summed E-state index contributed by atoms with van der Waals surface area (Å²) in [6, 6.07) is 16.9. The largest absolute Gasteiger partial charge is 0.494 e. The van der Waals surface area contributed by atoms with Crippen LogP contribution < -0.4 is 19.6 Å². The molecule has 2 N–H and O–H groups in total. The number of carbonyl (C=O) groups excluding carboxylic acids is 1. The number of aromatic carboxylic acids is 1. The molecular weight excluding hydrogens is 544 g/mol. The van der Waals surface area contributed by atoms with Gasteiger partial charge < -0.3 is 23.7 Å². The molecule has 190 valence electrons. The molecular formula is C27H23BrN2O7. The molecule has 10 heteroatoms. The van der Waals surface area contributed by atoms with Gasteiger partial charge in [-0.15, -0.1) is 0 Å². The molecule has 0 unspecified atom stereocenters. The van der Waals surface area contributed by atoms with Crippen LogP contribution in [-0.2, 0) is 6.61 Å². The number of furan rings is 1. The van der Waals surface area contributed by atoms with Gasteiger partial charge in [0.05, 0.1) is 25.5 Å². The molecule has 0 bridgehead atoms. The Morgan fingerprint density at radius 3 is 2.68 bits per heavy atom. The van der Waals surface area contributed by atoms with Gasteiger partial charge in [-0.1, -0.05) is 12.1 Å². The van der Waals surface area contributed by atoms with Crippen LogP contribution in [0.15, 0.2) is 74.7 Å². The number of methoxy groups -OCH3 is 1. The number of rotatable bonds is 10. The molecule has 37 heavy (non-hydrogen) atoms. The lowest BCUT2D eigenvalue weighted by Crippen LogP contribution is -2.16. The summed E-state index contributed by atoms with van der Waals surface area (Å²) < 4.78 is 23.0. The average Bonchev–Trinajstić information content (AvgIpc) is 3.32. The van der Waals surface area contributed by atoms with E-state index in [1.165, 1.54) is 19.4 Å². The molecule has 0 spiro atoms. The van der Waals surface area contributed by atoms with Crippen LogP contribution in [-0.4, -0.2) is 36.9 Å². The summed E-state index contributed by atoms with van der Waals surface area (Å²) in [5.41, 5.74) is 4.53. The van der Waals surface area contributed by atoms with E-state index in [1.807, 2.05) is 6.92 Å². The Morgan fingerprint density at radius 1 is 1.08 bits per heavy atom. The molecule has 0 radical (unpaired) electrons. The minimum absolute atomic E-state index is 0.119. The minimum atomic E-state index is -1.01. The van der Waals surface area contributed by atoms with E-state index in [1.54, 1.807) is 54.6 Å². The first-order chi connectivity index (χ1) is 17.9. The van der Waals surface area contributed by atoms with Gasteiger partial charge in [0.25, 0.3) is 0 Å². The highest BCUT2D eigenvalue weighted by atomic mass is 79.9. The highest BCUT2D eigenvalue weighted by Crippen LogP contribution is 2.33. The lowest BCUT2D eigenvalue weighted by Gasteiger charge is -2.13. The summed E-state index contributed by atoms with van der Waals surface area (Å²) in [6.45, 7) is 2.59. The van der Waals surface area contributed by atoms with Crippen molar-refractivity contribution in [1.29, 1.82) is 0 Å². The number of carboxylic acid groups (broad SMARTS) is 1. The molecule has 0 aliphatic heterocycles. The van der Waals surface area contributed by atoms with Gasteiger partial charge in [-0.3, -0.25) is 4.79 Å². The number of amides is 1. The number of ether oxygens (including phenoxy) is 3. The zero-order chi connectivity index (χ0) is 26.4. The van der Waals surface area contributed by atoms with Crippen LogP contribution in [0.5, 0.6) is 17.2 Å². The Balaban J connectivity index is 1.43. The second-order valence-electron chi connectivity index (χ2n) is 7.76. The third kappa shape index (κ3) is 6.28. The molecule has 0 saturated heterocycles. The topological polar surface area (TPSA) is 120 Å².